The molecule has 138 valence electrons. The average molecular weight is 390 g/mol. The summed E-state index contributed by atoms with van der Waals surface area (Å²) in [6, 6.07) is -1.66. The van der Waals surface area contributed by atoms with Gasteiger partial charge >= 0.3 is 6.18 Å². The van der Waals surface area contributed by atoms with Crippen molar-refractivity contribution in [1.29, 1.82) is 0 Å². The van der Waals surface area contributed by atoms with Crippen LogP contribution in [0.15, 0.2) is 12.4 Å². The smallest absolute Gasteiger partial charge is 0.354 e. The van der Waals surface area contributed by atoms with E-state index >= 15 is 0 Å². The largest absolute Gasteiger partial charge is 0.405 e. The van der Waals surface area contributed by atoms with E-state index in [4.69, 9.17) is 11.6 Å². The zero-order valence-corrected chi connectivity index (χ0v) is 14.4. The minimum atomic E-state index is -4.37. The summed E-state index contributed by atoms with van der Waals surface area (Å²) in [5, 5.41) is 9.73. The molecule has 24 heavy (non-hydrogen) atoms. The van der Waals surface area contributed by atoms with Crippen LogP contribution in [-0.2, 0) is 11.3 Å². The summed E-state index contributed by atoms with van der Waals surface area (Å²) >= 11 is 5.70. The number of amides is 1. The Labute approximate surface area is 149 Å². The van der Waals surface area contributed by atoms with Gasteiger partial charge in [-0.2, -0.15) is 18.3 Å². The Kier molecular flexibility index (Phi) is 8.28. The van der Waals surface area contributed by atoms with Gasteiger partial charge in [-0.25, -0.2) is 0 Å². The SMILES string of the molecule is Cl.O=C(CCn1cc(Cl)cn1)NCC(N1CCNCC1)C(F)(F)F. The second kappa shape index (κ2) is 9.45. The average Bonchev–Trinajstić information content (AvgIpc) is 2.91. The molecule has 0 bridgehead atoms. The molecule has 0 radical (unpaired) electrons. The third kappa shape index (κ3) is 6.46. The Morgan fingerprint density at radius 3 is 2.62 bits per heavy atom. The van der Waals surface area contributed by atoms with Gasteiger partial charge in [0.25, 0.3) is 0 Å². The van der Waals surface area contributed by atoms with Gasteiger partial charge < -0.3 is 10.6 Å². The Morgan fingerprint density at radius 2 is 2.08 bits per heavy atom. The van der Waals surface area contributed by atoms with Gasteiger partial charge in [0, 0.05) is 51.9 Å². The molecule has 0 spiro atoms. The van der Waals surface area contributed by atoms with Crippen molar-refractivity contribution in [3.8, 4) is 0 Å². The maximum atomic E-state index is 13.2. The summed E-state index contributed by atoms with van der Waals surface area (Å²) in [6.07, 6.45) is -1.35. The van der Waals surface area contributed by atoms with Crippen LogP contribution in [0.2, 0.25) is 5.02 Å². The van der Waals surface area contributed by atoms with Crippen molar-refractivity contribution >= 4 is 29.9 Å². The van der Waals surface area contributed by atoms with E-state index in [9.17, 15) is 18.0 Å². The molecule has 2 N–H and O–H groups in total. The van der Waals surface area contributed by atoms with E-state index in [1.165, 1.54) is 15.8 Å². The van der Waals surface area contributed by atoms with Crippen LogP contribution in [0.4, 0.5) is 13.2 Å². The minimum Gasteiger partial charge on any atom is -0.354 e. The molecule has 1 saturated heterocycles. The van der Waals surface area contributed by atoms with Crippen LogP contribution in [0, 0.1) is 0 Å². The summed E-state index contributed by atoms with van der Waals surface area (Å²) in [5.41, 5.74) is 0. The van der Waals surface area contributed by atoms with Crippen LogP contribution < -0.4 is 10.6 Å². The molecule has 11 heteroatoms. The van der Waals surface area contributed by atoms with Crippen molar-refractivity contribution in [2.75, 3.05) is 32.7 Å². The minimum absolute atomic E-state index is 0. The summed E-state index contributed by atoms with van der Waals surface area (Å²) in [7, 11) is 0. The van der Waals surface area contributed by atoms with Crippen LogP contribution in [0.1, 0.15) is 6.42 Å². The van der Waals surface area contributed by atoms with E-state index < -0.39 is 24.7 Å². The first-order valence-corrected chi connectivity index (χ1v) is 7.70. The van der Waals surface area contributed by atoms with Gasteiger partial charge in [0.05, 0.1) is 11.2 Å². The van der Waals surface area contributed by atoms with Gasteiger partial charge in [-0.15, -0.1) is 12.4 Å². The fraction of sp³-hybridized carbons (Fsp3) is 0.692. The monoisotopic (exact) mass is 389 g/mol. The van der Waals surface area contributed by atoms with Gasteiger partial charge in [-0.1, -0.05) is 11.6 Å². The van der Waals surface area contributed by atoms with Crippen LogP contribution in [0.25, 0.3) is 0 Å². The first-order valence-electron chi connectivity index (χ1n) is 7.32. The van der Waals surface area contributed by atoms with Crippen molar-refractivity contribution in [3.05, 3.63) is 17.4 Å². The van der Waals surface area contributed by atoms with Gasteiger partial charge in [0.1, 0.15) is 6.04 Å². The molecule has 1 aromatic heterocycles. The maximum Gasteiger partial charge on any atom is 0.405 e. The highest BCUT2D eigenvalue weighted by molar-refractivity contribution is 6.30. The molecule has 1 unspecified atom stereocenters. The second-order valence-corrected chi connectivity index (χ2v) is 5.76. The third-order valence-electron chi connectivity index (χ3n) is 3.63. The van der Waals surface area contributed by atoms with E-state index in [0.717, 1.165) is 0 Å². The Balaban J connectivity index is 0.00000288. The first-order chi connectivity index (χ1) is 10.9. The van der Waals surface area contributed by atoms with Crippen molar-refractivity contribution in [1.82, 2.24) is 25.3 Å². The molecule has 1 aliphatic rings. The van der Waals surface area contributed by atoms with Crippen molar-refractivity contribution in [2.45, 2.75) is 25.2 Å². The molecule has 2 rings (SSSR count). The normalized spacial score (nSPS) is 17.2. The van der Waals surface area contributed by atoms with Gasteiger partial charge in [-0.05, 0) is 0 Å². The number of hydrogen-bond acceptors (Lipinski definition) is 4. The molecule has 0 aromatic carbocycles. The number of aromatic nitrogens is 2. The summed E-state index contributed by atoms with van der Waals surface area (Å²) in [4.78, 5) is 13.1. The van der Waals surface area contributed by atoms with E-state index in [1.807, 2.05) is 0 Å². The predicted molar refractivity (Wildman–Crippen MR) is 86.4 cm³/mol. The fourth-order valence-corrected chi connectivity index (χ4v) is 2.58. The van der Waals surface area contributed by atoms with E-state index in [1.54, 1.807) is 6.20 Å². The van der Waals surface area contributed by atoms with Crippen molar-refractivity contribution < 1.29 is 18.0 Å². The lowest BCUT2D eigenvalue weighted by atomic mass is 10.2. The molecule has 6 nitrogen and oxygen atoms in total. The number of carbonyl (C=O) groups excluding carboxylic acids is 1. The number of carbonyl (C=O) groups is 1. The lowest BCUT2D eigenvalue weighted by Gasteiger charge is -2.35. The number of hydrogen-bond donors (Lipinski definition) is 2. The molecule has 1 atom stereocenters. The number of alkyl halides is 3. The second-order valence-electron chi connectivity index (χ2n) is 5.32. The highest BCUT2D eigenvalue weighted by atomic mass is 35.5. The number of halogens is 5. The lowest BCUT2D eigenvalue weighted by molar-refractivity contribution is -0.184. The number of piperazine rings is 1. The number of aryl methyl sites for hydroxylation is 1. The predicted octanol–water partition coefficient (Wildman–Crippen LogP) is 1.30. The molecule has 0 saturated carbocycles. The number of nitrogens with zero attached hydrogens (tertiary/aromatic N) is 3. The zero-order chi connectivity index (χ0) is 16.9. The Bertz CT molecular complexity index is 520. The Morgan fingerprint density at radius 1 is 1.42 bits per heavy atom. The molecule has 1 fully saturated rings. The van der Waals surface area contributed by atoms with Gasteiger partial charge in [0.2, 0.25) is 5.91 Å². The van der Waals surface area contributed by atoms with Gasteiger partial charge in [0.15, 0.2) is 0 Å². The Hall–Kier alpha value is -1.03. The molecule has 1 amide bonds. The molecule has 1 aromatic rings. The van der Waals surface area contributed by atoms with E-state index in [0.29, 0.717) is 31.2 Å². The number of nitrogens with one attached hydrogen (secondary N) is 2. The van der Waals surface area contributed by atoms with Crippen molar-refractivity contribution in [3.63, 3.8) is 0 Å². The zero-order valence-electron chi connectivity index (χ0n) is 12.9. The molecule has 0 aliphatic carbocycles. The summed E-state index contributed by atoms with van der Waals surface area (Å²) < 4.78 is 41.0. The van der Waals surface area contributed by atoms with Crippen LogP contribution in [0.5, 0.6) is 0 Å². The standard InChI is InChI=1S/C13H19ClF3N5O.ClH/c14-10-7-20-22(9-10)4-1-12(23)19-8-11(13(15,16)17)21-5-2-18-3-6-21;/h7,9,11,18H,1-6,8H2,(H,19,23);1H. The summed E-state index contributed by atoms with van der Waals surface area (Å²) in [5.74, 6) is -0.444. The van der Waals surface area contributed by atoms with Crippen LogP contribution >= 0.6 is 24.0 Å². The number of rotatable bonds is 6. The summed E-state index contributed by atoms with van der Waals surface area (Å²) in [6.45, 7) is 1.48. The van der Waals surface area contributed by atoms with Gasteiger partial charge in [-0.3, -0.25) is 14.4 Å². The lowest BCUT2D eigenvalue weighted by Crippen LogP contribution is -2.57. The molecule has 1 aliphatic heterocycles. The van der Waals surface area contributed by atoms with E-state index in [2.05, 4.69) is 15.7 Å². The van der Waals surface area contributed by atoms with Crippen molar-refractivity contribution in [2.24, 2.45) is 0 Å². The highest BCUT2D eigenvalue weighted by Gasteiger charge is 2.43. The maximum absolute atomic E-state index is 13.2. The quantitative estimate of drug-likeness (QED) is 0.769. The first kappa shape index (κ1) is 21.0. The fourth-order valence-electron chi connectivity index (χ4n) is 2.42. The third-order valence-corrected chi connectivity index (χ3v) is 3.83. The molecule has 2 heterocycles. The van der Waals surface area contributed by atoms with Crippen LogP contribution in [0.3, 0.4) is 0 Å². The van der Waals surface area contributed by atoms with Crippen LogP contribution in [-0.4, -0.2) is 65.5 Å². The molecular formula is C13H20Cl2F3N5O. The van der Waals surface area contributed by atoms with E-state index in [-0.39, 0.29) is 25.4 Å². The highest BCUT2D eigenvalue weighted by Crippen LogP contribution is 2.24. The topological polar surface area (TPSA) is 62.2 Å². The molecular weight excluding hydrogens is 370 g/mol.